The van der Waals surface area contributed by atoms with Crippen LogP contribution >= 0.6 is 0 Å². The van der Waals surface area contributed by atoms with Gasteiger partial charge in [0, 0.05) is 135 Å². The van der Waals surface area contributed by atoms with Gasteiger partial charge in [0.25, 0.3) is 0 Å². The zero-order valence-corrected chi connectivity index (χ0v) is 93.2. The minimum Gasteiger partial charge on any atom is -0.501 e. The summed E-state index contributed by atoms with van der Waals surface area (Å²) in [6, 6.07) is 154. The van der Waals surface area contributed by atoms with Crippen LogP contribution in [-0.2, 0) is 103 Å². The zero-order valence-electron chi connectivity index (χ0n) is 83.6. The third-order valence-electron chi connectivity index (χ3n) is 22.8. The first-order chi connectivity index (χ1) is 67.9. The summed E-state index contributed by atoms with van der Waals surface area (Å²) < 4.78 is 5.97. The molecule has 0 saturated carbocycles. The van der Waals surface area contributed by atoms with Crippen LogP contribution in [0, 0.1) is 75.2 Å². The van der Waals surface area contributed by atoms with Crippen LogP contribution in [0.3, 0.4) is 0 Å². The molecule has 0 saturated heterocycles. The van der Waals surface area contributed by atoms with Gasteiger partial charge in [-0.05, 0) is 181 Å². The molecule has 0 aliphatic heterocycles. The van der Waals surface area contributed by atoms with E-state index in [1.165, 1.54) is 72.3 Å². The van der Waals surface area contributed by atoms with Crippen molar-refractivity contribution in [1.29, 1.82) is 0 Å². The Balaban J connectivity index is 0.000000169. The van der Waals surface area contributed by atoms with E-state index in [0.29, 0.717) is 5.92 Å². The number of pyridine rings is 8. The average molecular weight is 2590 g/mol. The van der Waals surface area contributed by atoms with Gasteiger partial charge in [-0.25, -0.2) is 0 Å². The van der Waals surface area contributed by atoms with E-state index < -0.39 is 0 Å². The van der Waals surface area contributed by atoms with E-state index in [1.807, 2.05) is 264 Å². The van der Waals surface area contributed by atoms with Crippen molar-refractivity contribution < 1.29 is 84.8 Å². The second-order valence-corrected chi connectivity index (χ2v) is 37.4. The average Bonchev–Trinajstić information content (AvgIpc) is 1.63. The van der Waals surface area contributed by atoms with Crippen molar-refractivity contribution in [1.82, 2.24) is 39.9 Å². The van der Waals surface area contributed by atoms with E-state index >= 15 is 0 Å². The summed E-state index contributed by atoms with van der Waals surface area (Å²) in [5.41, 5.74) is 34.0. The predicted octanol–water partition coefficient (Wildman–Crippen LogP) is 33.3. The number of nitrogens with zero attached hydrogens (tertiary/aromatic N) is 8. The van der Waals surface area contributed by atoms with Crippen molar-refractivity contribution in [3.8, 4) is 123 Å². The van der Waals surface area contributed by atoms with Crippen LogP contribution in [0.5, 0.6) is 0 Å². The van der Waals surface area contributed by atoms with Crippen LogP contribution in [0.4, 0.5) is 0 Å². The summed E-state index contributed by atoms with van der Waals surface area (Å²) in [4.78, 5) is 35.4. The van der Waals surface area contributed by atoms with Crippen LogP contribution in [0.1, 0.15) is 115 Å². The Hall–Kier alpha value is -13.8. The Kier molecular flexibility index (Phi) is 43.4. The Morgan fingerprint density at radius 1 is 0.243 bits per heavy atom. The normalized spacial score (nSPS) is 10.6. The van der Waals surface area contributed by atoms with Gasteiger partial charge in [-0.2, -0.15) is 0 Å². The van der Waals surface area contributed by atoms with Crippen molar-refractivity contribution in [2.45, 2.75) is 120 Å². The molecular formula is C131H116Ir4N8O-8. The van der Waals surface area contributed by atoms with Crippen molar-refractivity contribution >= 4 is 21.9 Å². The fraction of sp³-hybridized carbons (Fsp3) is 0.145. The van der Waals surface area contributed by atoms with E-state index in [4.69, 9.17) is 4.42 Å². The van der Waals surface area contributed by atoms with E-state index in [1.54, 1.807) is 6.20 Å². The van der Waals surface area contributed by atoms with E-state index in [0.717, 1.165) is 118 Å². The Labute approximate surface area is 906 Å². The zero-order chi connectivity index (χ0) is 98.1. The fourth-order valence-corrected chi connectivity index (χ4v) is 15.1. The molecule has 12 aromatic carbocycles. The number of furan rings is 1. The topological polar surface area (TPSA) is 116 Å². The van der Waals surface area contributed by atoms with E-state index in [9.17, 15) is 0 Å². The number of aryl methyl sites for hydroxylation is 3. The quantitative estimate of drug-likeness (QED) is 0.104. The number of rotatable bonds is 13. The van der Waals surface area contributed by atoms with Gasteiger partial charge in [-0.15, -0.1) is 268 Å². The molecule has 144 heavy (non-hydrogen) atoms. The van der Waals surface area contributed by atoms with Gasteiger partial charge >= 0.3 is 0 Å². The number of hydrogen-bond acceptors (Lipinski definition) is 9. The molecular weight excluding hydrogens is 2470 g/mol. The number of para-hydroxylation sites is 1. The molecule has 9 aromatic heterocycles. The molecule has 4 radical (unpaired) electrons. The molecule has 0 amide bonds. The first-order valence-electron chi connectivity index (χ1n) is 47.4. The minimum atomic E-state index is 0. The van der Waals surface area contributed by atoms with Crippen molar-refractivity contribution in [2.75, 3.05) is 0 Å². The van der Waals surface area contributed by atoms with Gasteiger partial charge < -0.3 is 44.3 Å². The molecule has 0 N–H and O–H groups in total. The molecule has 0 unspecified atom stereocenters. The van der Waals surface area contributed by atoms with Crippen molar-refractivity contribution in [3.05, 3.63) is 519 Å². The molecule has 0 atom stereocenters. The largest absolute Gasteiger partial charge is 0.501 e. The van der Waals surface area contributed by atoms with Crippen molar-refractivity contribution in [3.63, 3.8) is 0 Å². The second kappa shape index (κ2) is 55.8. The molecule has 0 aliphatic carbocycles. The second-order valence-electron chi connectivity index (χ2n) is 37.4. The minimum absolute atomic E-state index is 0. The molecule has 21 aromatic rings. The van der Waals surface area contributed by atoms with Crippen LogP contribution in [-0.4, -0.2) is 39.9 Å². The number of aromatic nitrogens is 8. The maximum Gasteiger partial charge on any atom is 0.120 e. The Bertz CT molecular complexity index is 7160. The molecule has 0 bridgehead atoms. The first-order valence-corrected chi connectivity index (χ1v) is 47.4. The fourth-order valence-electron chi connectivity index (χ4n) is 15.1. The smallest absolute Gasteiger partial charge is 0.120 e. The number of hydrogen-bond donors (Lipinski definition) is 0. The third kappa shape index (κ3) is 33.4. The SMILES string of the molecule is CC(C)(C)c1ccnc(-c2[c-]ccc(-c3ccccc3)c2)c1.CC(C)(C)c1ccnc(-c2[c-]ccc(-c3ccccc3)c2)c1.CC(C)(C)c1ccnc(-c2[c-]cccc2)c1.CC(C)Cc1ccc(-c2[c-]cccc2)nc1.Cc1ccc(-c2[c-]ccc(-c3ccccc3)c2)nc1.Cc1ccc(-c2[c-]cccc2)nc1.Cc1ccc(-c2[c-]cccc2)nc1.[Ir].[Ir].[Ir].[Ir].[c-]1ccc2c(oc3ccccc32)c1-c1ccccn1. The summed E-state index contributed by atoms with van der Waals surface area (Å²) in [7, 11) is 0. The molecule has 0 aliphatic rings. The third-order valence-corrected chi connectivity index (χ3v) is 22.8. The van der Waals surface area contributed by atoms with Gasteiger partial charge in [0.2, 0.25) is 0 Å². The number of benzene rings is 12. The van der Waals surface area contributed by atoms with Gasteiger partial charge in [0.1, 0.15) is 5.58 Å². The summed E-state index contributed by atoms with van der Waals surface area (Å²) in [6.45, 7) is 30.5. The molecule has 0 fully saturated rings. The Morgan fingerprint density at radius 3 is 0.903 bits per heavy atom. The molecule has 730 valence electrons. The predicted molar refractivity (Wildman–Crippen MR) is 581 cm³/mol. The van der Waals surface area contributed by atoms with Gasteiger partial charge in [-0.3, -0.25) is 0 Å². The Morgan fingerprint density at radius 2 is 0.562 bits per heavy atom. The summed E-state index contributed by atoms with van der Waals surface area (Å²) in [6.07, 6.45) is 16.1. The van der Waals surface area contributed by atoms with E-state index in [2.05, 4.69) is 347 Å². The van der Waals surface area contributed by atoms with Gasteiger partial charge in [0.15, 0.2) is 0 Å². The van der Waals surface area contributed by atoms with Crippen molar-refractivity contribution in [2.24, 2.45) is 5.92 Å². The van der Waals surface area contributed by atoms with Crippen LogP contribution in [0.25, 0.3) is 145 Å². The monoisotopic (exact) mass is 2590 g/mol. The molecule has 21 rings (SSSR count). The van der Waals surface area contributed by atoms with Crippen LogP contribution in [0.2, 0.25) is 0 Å². The molecule has 0 spiro atoms. The summed E-state index contributed by atoms with van der Waals surface area (Å²) in [5, 5.41) is 2.23. The van der Waals surface area contributed by atoms with Crippen LogP contribution < -0.4 is 0 Å². The first kappa shape index (κ1) is 112. The molecule has 9 nitrogen and oxygen atoms in total. The van der Waals surface area contributed by atoms with Gasteiger partial charge in [0.05, 0.1) is 5.58 Å². The summed E-state index contributed by atoms with van der Waals surface area (Å²) >= 11 is 0. The molecule has 9 heterocycles. The maximum absolute atomic E-state index is 5.97. The maximum atomic E-state index is 5.97. The van der Waals surface area contributed by atoms with Gasteiger partial charge in [-0.1, -0.05) is 275 Å². The van der Waals surface area contributed by atoms with Crippen LogP contribution in [0.15, 0.2) is 436 Å². The standard InChI is InChI=1S/2C21H20N.C18H14N.C17H10NO.2C15H16N.2C12H10N.4Ir/c2*1-21(2,3)19-12-13-22-20(15-19)18-11-7-10-17(14-18)16-8-5-4-6-9-16;1-14-10-11-18(19-13-14)17-9-5-8-16(12-17)15-6-3-2-4-7-15;1-2-10-16-12(6-1)13-7-5-8-14(17(13)19-16)15-9-3-4-11-18-15;1-15(2,3)13-9-10-16-14(11-13)12-7-5-4-6-8-12;1-12(2)10-13-8-9-15(16-11-13)14-6-4-3-5-7-14;2*1-10-7-8-12(13-9-10)11-5-3-2-4-6-11;;;;/h2*4-10,12-15H,1-3H3;2-8,10-13H,1H3;1-7,9-11H;4-7,9-11H,1-3H3;3-6,8-9,11-12H,10H2,1-2H3;2*2-5,7-9H,1H3;;;;/q8*-1;;;;. The summed E-state index contributed by atoms with van der Waals surface area (Å²) in [5.74, 6) is 0.677. The number of fused-ring (bicyclic) bond motifs is 3. The molecule has 13 heteroatoms. The van der Waals surface area contributed by atoms with E-state index in [-0.39, 0.29) is 96.7 Å².